The first kappa shape index (κ1) is 19.0. The van der Waals surface area contributed by atoms with Gasteiger partial charge in [0.1, 0.15) is 5.01 Å². The molecule has 0 aliphatic carbocycles. The summed E-state index contributed by atoms with van der Waals surface area (Å²) in [4.78, 5) is 17.3. The Bertz CT molecular complexity index is 1040. The lowest BCUT2D eigenvalue weighted by atomic mass is 9.97. The largest absolute Gasteiger partial charge is 0.349 e. The third kappa shape index (κ3) is 3.94. The summed E-state index contributed by atoms with van der Waals surface area (Å²) in [7, 11) is -3.49. The molecule has 0 unspecified atom stereocenters. The molecule has 28 heavy (non-hydrogen) atoms. The Kier molecular flexibility index (Phi) is 5.43. The summed E-state index contributed by atoms with van der Waals surface area (Å²) in [5.74, 6) is -0.201. The van der Waals surface area contributed by atoms with Crippen molar-refractivity contribution in [1.29, 1.82) is 0 Å². The zero-order valence-electron chi connectivity index (χ0n) is 15.2. The zero-order chi connectivity index (χ0) is 19.6. The third-order valence-corrected chi connectivity index (χ3v) is 7.91. The molecule has 1 aliphatic rings. The monoisotopic (exact) mass is 415 g/mol. The van der Waals surface area contributed by atoms with Gasteiger partial charge in [-0.25, -0.2) is 13.4 Å². The number of fused-ring (bicyclic) bond motifs is 1. The summed E-state index contributed by atoms with van der Waals surface area (Å²) in [6.45, 7) is 1.12. The average molecular weight is 416 g/mol. The number of nitrogens with one attached hydrogen (secondary N) is 1. The van der Waals surface area contributed by atoms with E-state index >= 15 is 0 Å². The summed E-state index contributed by atoms with van der Waals surface area (Å²) in [5, 5.41) is 3.83. The first-order valence-corrected chi connectivity index (χ1v) is 11.5. The van der Waals surface area contributed by atoms with Crippen molar-refractivity contribution in [3.63, 3.8) is 0 Å². The molecule has 4 rings (SSSR count). The molecule has 146 valence electrons. The maximum Gasteiger partial charge on any atom is 0.243 e. The second-order valence-corrected chi connectivity index (χ2v) is 9.84. The minimum Gasteiger partial charge on any atom is -0.349 e. The number of piperidine rings is 1. The van der Waals surface area contributed by atoms with Crippen LogP contribution in [0.1, 0.15) is 17.8 Å². The van der Waals surface area contributed by atoms with Gasteiger partial charge in [-0.05, 0) is 37.1 Å². The van der Waals surface area contributed by atoms with Crippen LogP contribution in [0.4, 0.5) is 0 Å². The van der Waals surface area contributed by atoms with Crippen LogP contribution in [0.25, 0.3) is 10.2 Å². The van der Waals surface area contributed by atoms with Crippen molar-refractivity contribution in [2.24, 2.45) is 5.92 Å². The second-order valence-electron chi connectivity index (χ2n) is 6.78. The summed E-state index contributed by atoms with van der Waals surface area (Å²) in [6.07, 6.45) is 1.05. The van der Waals surface area contributed by atoms with Crippen LogP contribution in [0, 0.1) is 5.92 Å². The molecule has 1 N–H and O–H groups in total. The number of hydrogen-bond donors (Lipinski definition) is 1. The van der Waals surface area contributed by atoms with Gasteiger partial charge in [-0.2, -0.15) is 4.31 Å². The number of rotatable bonds is 5. The van der Waals surface area contributed by atoms with Crippen LogP contribution in [-0.4, -0.2) is 36.7 Å². The Morgan fingerprint density at radius 1 is 1.07 bits per heavy atom. The van der Waals surface area contributed by atoms with E-state index < -0.39 is 10.0 Å². The predicted octanol–water partition coefficient (Wildman–Crippen LogP) is 3.01. The van der Waals surface area contributed by atoms with Crippen LogP contribution in [-0.2, 0) is 21.4 Å². The number of hydrogen-bond acceptors (Lipinski definition) is 5. The minimum absolute atomic E-state index is 0.0315. The molecule has 8 heteroatoms. The maximum absolute atomic E-state index is 12.7. The number of thiazole rings is 1. The average Bonchev–Trinajstić information content (AvgIpc) is 3.16. The molecule has 1 saturated heterocycles. The fraction of sp³-hybridized carbons (Fsp3) is 0.300. The summed E-state index contributed by atoms with van der Waals surface area (Å²) >= 11 is 1.57. The van der Waals surface area contributed by atoms with Gasteiger partial charge >= 0.3 is 0 Å². The van der Waals surface area contributed by atoms with E-state index in [1.54, 1.807) is 41.7 Å². The van der Waals surface area contributed by atoms with Crippen molar-refractivity contribution in [1.82, 2.24) is 14.6 Å². The first-order chi connectivity index (χ1) is 13.5. The van der Waals surface area contributed by atoms with Gasteiger partial charge in [0.05, 0.1) is 21.7 Å². The molecule has 1 fully saturated rings. The molecule has 2 heterocycles. The predicted molar refractivity (Wildman–Crippen MR) is 109 cm³/mol. The molecule has 0 atom stereocenters. The Hall–Kier alpha value is -2.29. The summed E-state index contributed by atoms with van der Waals surface area (Å²) in [6, 6.07) is 16.3. The normalized spacial score (nSPS) is 16.3. The molecule has 1 aliphatic heterocycles. The van der Waals surface area contributed by atoms with E-state index in [-0.39, 0.29) is 11.8 Å². The van der Waals surface area contributed by atoms with Gasteiger partial charge in [0.25, 0.3) is 0 Å². The van der Waals surface area contributed by atoms with Crippen LogP contribution >= 0.6 is 11.3 Å². The molecule has 0 spiro atoms. The Balaban J connectivity index is 1.32. The number of benzene rings is 2. The van der Waals surface area contributed by atoms with Crippen molar-refractivity contribution in [3.05, 3.63) is 59.6 Å². The van der Waals surface area contributed by atoms with E-state index in [1.807, 2.05) is 24.3 Å². The Morgan fingerprint density at radius 3 is 2.46 bits per heavy atom. The molecular weight excluding hydrogens is 394 g/mol. The van der Waals surface area contributed by atoms with Crippen molar-refractivity contribution < 1.29 is 13.2 Å². The van der Waals surface area contributed by atoms with Gasteiger partial charge in [-0.3, -0.25) is 4.79 Å². The van der Waals surface area contributed by atoms with Gasteiger partial charge in [0.2, 0.25) is 15.9 Å². The topological polar surface area (TPSA) is 79.4 Å². The number of aromatic nitrogens is 1. The first-order valence-electron chi connectivity index (χ1n) is 9.21. The number of amides is 1. The van der Waals surface area contributed by atoms with E-state index in [1.165, 1.54) is 4.31 Å². The lowest BCUT2D eigenvalue weighted by Gasteiger charge is -2.30. The van der Waals surface area contributed by atoms with Gasteiger partial charge in [-0.1, -0.05) is 30.3 Å². The molecule has 2 aromatic carbocycles. The lowest BCUT2D eigenvalue weighted by Crippen LogP contribution is -2.42. The quantitative estimate of drug-likeness (QED) is 0.695. The molecule has 0 bridgehead atoms. The van der Waals surface area contributed by atoms with Crippen molar-refractivity contribution >= 4 is 37.5 Å². The van der Waals surface area contributed by atoms with Crippen LogP contribution in [0.15, 0.2) is 59.5 Å². The smallest absolute Gasteiger partial charge is 0.243 e. The summed E-state index contributed by atoms with van der Waals surface area (Å²) < 4.78 is 27.9. The second kappa shape index (κ2) is 7.98. The molecule has 0 saturated carbocycles. The number of carbonyl (C=O) groups is 1. The highest BCUT2D eigenvalue weighted by Crippen LogP contribution is 2.25. The number of para-hydroxylation sites is 1. The van der Waals surface area contributed by atoms with Gasteiger partial charge in [-0.15, -0.1) is 11.3 Å². The van der Waals surface area contributed by atoms with E-state index in [4.69, 9.17) is 0 Å². The van der Waals surface area contributed by atoms with Crippen LogP contribution in [0.5, 0.6) is 0 Å². The number of sulfonamides is 1. The molecule has 1 amide bonds. The van der Waals surface area contributed by atoms with Crippen LogP contribution < -0.4 is 5.32 Å². The minimum atomic E-state index is -3.49. The molecule has 6 nitrogen and oxygen atoms in total. The SMILES string of the molecule is O=C(NCc1nc2ccccc2s1)C1CCN(S(=O)(=O)c2ccccc2)CC1. The van der Waals surface area contributed by atoms with E-state index in [2.05, 4.69) is 10.3 Å². The Labute approximate surface area is 168 Å². The standard InChI is InChI=1S/C20H21N3O3S2/c24-20(21-14-19-22-17-8-4-5-9-18(17)27-19)15-10-12-23(13-11-15)28(25,26)16-6-2-1-3-7-16/h1-9,15H,10-14H2,(H,21,24). The van der Waals surface area contributed by atoms with Gasteiger partial charge in [0.15, 0.2) is 0 Å². The van der Waals surface area contributed by atoms with Crippen molar-refractivity contribution in [3.8, 4) is 0 Å². The molecule has 3 aromatic rings. The highest BCUT2D eigenvalue weighted by Gasteiger charge is 2.31. The van der Waals surface area contributed by atoms with Crippen molar-refractivity contribution in [2.75, 3.05) is 13.1 Å². The van der Waals surface area contributed by atoms with E-state index in [9.17, 15) is 13.2 Å². The Morgan fingerprint density at radius 2 is 1.75 bits per heavy atom. The van der Waals surface area contributed by atoms with Crippen molar-refractivity contribution in [2.45, 2.75) is 24.3 Å². The molecular formula is C20H21N3O3S2. The maximum atomic E-state index is 12.7. The van der Waals surface area contributed by atoms with Crippen LogP contribution in [0.3, 0.4) is 0 Å². The van der Waals surface area contributed by atoms with E-state index in [0.29, 0.717) is 37.4 Å². The highest BCUT2D eigenvalue weighted by atomic mass is 32.2. The third-order valence-electron chi connectivity index (χ3n) is 4.96. The fourth-order valence-electron chi connectivity index (χ4n) is 3.40. The highest BCUT2D eigenvalue weighted by molar-refractivity contribution is 7.89. The van der Waals surface area contributed by atoms with Gasteiger partial charge < -0.3 is 5.32 Å². The van der Waals surface area contributed by atoms with Crippen LogP contribution in [0.2, 0.25) is 0 Å². The van der Waals surface area contributed by atoms with Gasteiger partial charge in [0, 0.05) is 19.0 Å². The molecule has 0 radical (unpaired) electrons. The molecule has 1 aromatic heterocycles. The lowest BCUT2D eigenvalue weighted by molar-refractivity contribution is -0.126. The number of carbonyl (C=O) groups excluding carboxylic acids is 1. The zero-order valence-corrected chi connectivity index (χ0v) is 16.9. The fourth-order valence-corrected chi connectivity index (χ4v) is 5.80. The number of nitrogens with zero attached hydrogens (tertiary/aromatic N) is 2. The summed E-state index contributed by atoms with van der Waals surface area (Å²) in [5.41, 5.74) is 0.941. The van der Waals surface area contributed by atoms with E-state index in [0.717, 1.165) is 15.2 Å².